The summed E-state index contributed by atoms with van der Waals surface area (Å²) in [6.07, 6.45) is 0.846. The highest BCUT2D eigenvalue weighted by Crippen LogP contribution is 2.31. The predicted molar refractivity (Wildman–Crippen MR) is 92.3 cm³/mol. The van der Waals surface area contributed by atoms with Gasteiger partial charge in [0.05, 0.1) is 7.11 Å². The molecule has 0 aliphatic carbocycles. The lowest BCUT2D eigenvalue weighted by Crippen LogP contribution is -2.23. The number of halogens is 2. The van der Waals surface area contributed by atoms with Crippen molar-refractivity contribution in [2.75, 3.05) is 13.7 Å². The van der Waals surface area contributed by atoms with Crippen molar-refractivity contribution in [2.45, 2.75) is 19.4 Å². The largest absolute Gasteiger partial charge is 0.497 e. The molecular formula is C17H19BrClNO. The lowest BCUT2D eigenvalue weighted by atomic mass is 9.98. The molecular weight excluding hydrogens is 350 g/mol. The summed E-state index contributed by atoms with van der Waals surface area (Å²) in [5.74, 6) is 0.846. The third kappa shape index (κ3) is 4.22. The fraction of sp³-hybridized carbons (Fsp3) is 0.294. The molecule has 0 aliphatic heterocycles. The molecule has 0 saturated heterocycles. The Morgan fingerprint density at radius 3 is 2.62 bits per heavy atom. The minimum atomic E-state index is 0.204. The number of nitrogens with one attached hydrogen (secondary N) is 1. The van der Waals surface area contributed by atoms with Gasteiger partial charge < -0.3 is 10.1 Å². The molecule has 2 aromatic rings. The first-order valence-corrected chi connectivity index (χ1v) is 8.13. The molecule has 0 aromatic heterocycles. The second-order valence-electron chi connectivity index (χ2n) is 4.79. The summed E-state index contributed by atoms with van der Waals surface area (Å²) in [6, 6.07) is 14.3. The zero-order valence-electron chi connectivity index (χ0n) is 12.2. The summed E-state index contributed by atoms with van der Waals surface area (Å²) in [5, 5.41) is 4.33. The van der Waals surface area contributed by atoms with Crippen LogP contribution in [-0.4, -0.2) is 13.7 Å². The van der Waals surface area contributed by atoms with Crippen LogP contribution in [0.5, 0.6) is 5.75 Å². The summed E-state index contributed by atoms with van der Waals surface area (Å²) < 4.78 is 6.30. The van der Waals surface area contributed by atoms with E-state index in [1.165, 1.54) is 5.56 Å². The van der Waals surface area contributed by atoms with E-state index in [2.05, 4.69) is 40.3 Å². The Kier molecular flexibility index (Phi) is 6.09. The van der Waals surface area contributed by atoms with Crippen molar-refractivity contribution < 1.29 is 4.74 Å². The molecule has 2 nitrogen and oxygen atoms in total. The summed E-state index contributed by atoms with van der Waals surface area (Å²) in [6.45, 7) is 3.00. The molecule has 1 N–H and O–H groups in total. The van der Waals surface area contributed by atoms with Gasteiger partial charge in [0.2, 0.25) is 0 Å². The maximum absolute atomic E-state index is 6.28. The molecule has 2 aromatic carbocycles. The Hall–Kier alpha value is -1.03. The molecule has 0 fully saturated rings. The average Bonchev–Trinajstić information content (AvgIpc) is 2.49. The third-order valence-corrected chi connectivity index (χ3v) is 4.47. The Morgan fingerprint density at radius 1 is 1.24 bits per heavy atom. The van der Waals surface area contributed by atoms with Gasteiger partial charge in [0.15, 0.2) is 0 Å². The van der Waals surface area contributed by atoms with Crippen LogP contribution in [0.1, 0.15) is 24.1 Å². The standard InChI is InChI=1S/C17H19BrClNO/c1-3-20-17(10-12-6-4-5-7-16(12)19)14-9-8-13(21-2)11-15(14)18/h4-9,11,17,20H,3,10H2,1-2H3. The minimum absolute atomic E-state index is 0.204. The third-order valence-electron chi connectivity index (χ3n) is 3.42. The zero-order chi connectivity index (χ0) is 15.2. The van der Waals surface area contributed by atoms with E-state index >= 15 is 0 Å². The van der Waals surface area contributed by atoms with Gasteiger partial charge in [-0.2, -0.15) is 0 Å². The lowest BCUT2D eigenvalue weighted by molar-refractivity contribution is 0.414. The van der Waals surface area contributed by atoms with Crippen molar-refractivity contribution >= 4 is 27.5 Å². The smallest absolute Gasteiger partial charge is 0.120 e. The van der Waals surface area contributed by atoms with Crippen molar-refractivity contribution in [2.24, 2.45) is 0 Å². The van der Waals surface area contributed by atoms with Crippen molar-refractivity contribution in [1.82, 2.24) is 5.32 Å². The van der Waals surface area contributed by atoms with Crippen molar-refractivity contribution in [3.63, 3.8) is 0 Å². The number of rotatable bonds is 6. The van der Waals surface area contributed by atoms with Crippen LogP contribution >= 0.6 is 27.5 Å². The van der Waals surface area contributed by atoms with Crippen molar-refractivity contribution in [1.29, 1.82) is 0 Å². The van der Waals surface area contributed by atoms with Crippen molar-refractivity contribution in [3.8, 4) is 5.75 Å². The van der Waals surface area contributed by atoms with Gasteiger partial charge in [-0.05, 0) is 42.3 Å². The Labute approximate surface area is 139 Å². The van der Waals surface area contributed by atoms with Crippen LogP contribution in [0.4, 0.5) is 0 Å². The van der Waals surface area contributed by atoms with Crippen LogP contribution in [0.15, 0.2) is 46.9 Å². The van der Waals surface area contributed by atoms with Crippen LogP contribution in [0.25, 0.3) is 0 Å². The number of benzene rings is 2. The van der Waals surface area contributed by atoms with Gasteiger partial charge in [0.25, 0.3) is 0 Å². The molecule has 0 amide bonds. The molecule has 21 heavy (non-hydrogen) atoms. The van der Waals surface area contributed by atoms with Gasteiger partial charge in [-0.3, -0.25) is 0 Å². The maximum Gasteiger partial charge on any atom is 0.120 e. The quantitative estimate of drug-likeness (QED) is 0.774. The van der Waals surface area contributed by atoms with E-state index in [1.54, 1.807) is 7.11 Å². The Bertz CT molecular complexity index is 603. The van der Waals surface area contributed by atoms with E-state index in [0.29, 0.717) is 0 Å². The van der Waals surface area contributed by atoms with Gasteiger partial charge in [-0.25, -0.2) is 0 Å². The summed E-state index contributed by atoms with van der Waals surface area (Å²) in [7, 11) is 1.67. The number of hydrogen-bond acceptors (Lipinski definition) is 2. The van der Waals surface area contributed by atoms with E-state index in [4.69, 9.17) is 16.3 Å². The molecule has 0 saturated carbocycles. The highest BCUT2D eigenvalue weighted by molar-refractivity contribution is 9.10. The van der Waals surface area contributed by atoms with Gasteiger partial charge in [0, 0.05) is 15.5 Å². The average molecular weight is 369 g/mol. The molecule has 0 aliphatic rings. The Morgan fingerprint density at radius 2 is 2.00 bits per heavy atom. The van der Waals surface area contributed by atoms with E-state index in [9.17, 15) is 0 Å². The minimum Gasteiger partial charge on any atom is -0.497 e. The van der Waals surface area contributed by atoms with Crippen LogP contribution in [0.3, 0.4) is 0 Å². The van der Waals surface area contributed by atoms with Crippen LogP contribution in [0, 0.1) is 0 Å². The lowest BCUT2D eigenvalue weighted by Gasteiger charge is -2.21. The first-order chi connectivity index (χ1) is 10.2. The number of likely N-dealkylation sites (N-methyl/N-ethyl adjacent to an activating group) is 1. The normalized spacial score (nSPS) is 12.2. The van der Waals surface area contributed by atoms with E-state index in [-0.39, 0.29) is 6.04 Å². The summed E-state index contributed by atoms with van der Waals surface area (Å²) in [5.41, 5.74) is 2.35. The number of ether oxygens (including phenoxy) is 1. The highest BCUT2D eigenvalue weighted by atomic mass is 79.9. The Balaban J connectivity index is 2.29. The van der Waals surface area contributed by atoms with Crippen LogP contribution in [-0.2, 0) is 6.42 Å². The van der Waals surface area contributed by atoms with Crippen molar-refractivity contribution in [3.05, 3.63) is 63.1 Å². The summed E-state index contributed by atoms with van der Waals surface area (Å²) in [4.78, 5) is 0. The second kappa shape index (κ2) is 7.83. The van der Waals surface area contributed by atoms with E-state index in [1.807, 2.05) is 30.3 Å². The molecule has 0 bridgehead atoms. The summed E-state index contributed by atoms with van der Waals surface area (Å²) >= 11 is 9.92. The van der Waals surface area contributed by atoms with E-state index in [0.717, 1.165) is 33.8 Å². The fourth-order valence-corrected chi connectivity index (χ4v) is 3.19. The molecule has 4 heteroatoms. The molecule has 1 unspecified atom stereocenters. The van der Waals surface area contributed by atoms with E-state index < -0.39 is 0 Å². The molecule has 112 valence electrons. The molecule has 0 spiro atoms. The first-order valence-electron chi connectivity index (χ1n) is 6.96. The second-order valence-corrected chi connectivity index (χ2v) is 6.05. The van der Waals surface area contributed by atoms with Crippen LogP contribution in [0.2, 0.25) is 5.02 Å². The van der Waals surface area contributed by atoms with Gasteiger partial charge in [-0.15, -0.1) is 0 Å². The molecule has 1 atom stereocenters. The molecule has 0 heterocycles. The van der Waals surface area contributed by atoms with Gasteiger partial charge >= 0.3 is 0 Å². The number of hydrogen-bond donors (Lipinski definition) is 1. The topological polar surface area (TPSA) is 21.3 Å². The SMILES string of the molecule is CCNC(Cc1ccccc1Cl)c1ccc(OC)cc1Br. The first kappa shape index (κ1) is 16.3. The molecule has 2 rings (SSSR count). The van der Waals surface area contributed by atoms with Gasteiger partial charge in [-0.1, -0.05) is 58.7 Å². The van der Waals surface area contributed by atoms with Gasteiger partial charge in [0.1, 0.15) is 5.75 Å². The predicted octanol–water partition coefficient (Wildman–Crippen LogP) is 5.00. The zero-order valence-corrected chi connectivity index (χ0v) is 14.5. The fourth-order valence-electron chi connectivity index (χ4n) is 2.34. The maximum atomic E-state index is 6.28. The number of methoxy groups -OCH3 is 1. The monoisotopic (exact) mass is 367 g/mol. The van der Waals surface area contributed by atoms with Crippen LogP contribution < -0.4 is 10.1 Å². The molecule has 0 radical (unpaired) electrons. The highest BCUT2D eigenvalue weighted by Gasteiger charge is 2.16.